The summed E-state index contributed by atoms with van der Waals surface area (Å²) in [5.74, 6) is 0.398. The number of nitro groups is 1. The standard InChI is InChI=1S/C17H16BrClN2O3S/c1-3-25-16-5-4-12(19)7-11(16)9-20-17(22)13-6-10(2)14(18)8-15(13)21(23)24/h4-8H,3,9H2,1-2H3,(H,20,22). The van der Waals surface area contributed by atoms with Crippen LogP contribution in [0.25, 0.3) is 0 Å². The van der Waals surface area contributed by atoms with Gasteiger partial charge in [0.25, 0.3) is 11.6 Å². The molecule has 0 aromatic heterocycles. The van der Waals surface area contributed by atoms with E-state index in [0.717, 1.165) is 21.8 Å². The highest BCUT2D eigenvalue weighted by Gasteiger charge is 2.22. The number of thioether (sulfide) groups is 1. The van der Waals surface area contributed by atoms with Gasteiger partial charge >= 0.3 is 0 Å². The van der Waals surface area contributed by atoms with E-state index in [1.165, 1.54) is 12.1 Å². The molecule has 0 bridgehead atoms. The van der Waals surface area contributed by atoms with Crippen molar-refractivity contribution < 1.29 is 9.72 Å². The highest BCUT2D eigenvalue weighted by molar-refractivity contribution is 9.10. The highest BCUT2D eigenvalue weighted by Crippen LogP contribution is 2.28. The third-order valence-electron chi connectivity index (χ3n) is 3.48. The van der Waals surface area contributed by atoms with E-state index in [0.29, 0.717) is 9.50 Å². The minimum Gasteiger partial charge on any atom is -0.348 e. The molecule has 0 atom stereocenters. The zero-order chi connectivity index (χ0) is 18.6. The SMILES string of the molecule is CCSc1ccc(Cl)cc1CNC(=O)c1cc(C)c(Br)cc1[N+](=O)[O-]. The van der Waals surface area contributed by atoms with Crippen LogP contribution < -0.4 is 5.32 Å². The topological polar surface area (TPSA) is 72.2 Å². The van der Waals surface area contributed by atoms with Crippen molar-refractivity contribution in [3.63, 3.8) is 0 Å². The Hall–Kier alpha value is -1.57. The fraction of sp³-hybridized carbons (Fsp3) is 0.235. The lowest BCUT2D eigenvalue weighted by Crippen LogP contribution is -2.24. The van der Waals surface area contributed by atoms with E-state index in [4.69, 9.17) is 11.6 Å². The first kappa shape index (κ1) is 19.8. The fourth-order valence-electron chi connectivity index (χ4n) is 2.26. The van der Waals surface area contributed by atoms with Crippen LogP contribution in [0.4, 0.5) is 5.69 Å². The quantitative estimate of drug-likeness (QED) is 0.370. The molecule has 8 heteroatoms. The van der Waals surface area contributed by atoms with Gasteiger partial charge in [0.1, 0.15) is 5.56 Å². The van der Waals surface area contributed by atoms with Crippen LogP contribution in [0.15, 0.2) is 39.7 Å². The lowest BCUT2D eigenvalue weighted by molar-refractivity contribution is -0.385. The second kappa shape index (κ2) is 8.69. The highest BCUT2D eigenvalue weighted by atomic mass is 79.9. The molecular weight excluding hydrogens is 428 g/mol. The Labute approximate surface area is 163 Å². The Morgan fingerprint density at radius 1 is 1.36 bits per heavy atom. The predicted octanol–water partition coefficient (Wildman–Crippen LogP) is 5.36. The Morgan fingerprint density at radius 2 is 2.08 bits per heavy atom. The molecule has 5 nitrogen and oxygen atoms in total. The molecule has 1 amide bonds. The van der Waals surface area contributed by atoms with Crippen molar-refractivity contribution in [3.05, 3.63) is 66.6 Å². The first-order valence-corrected chi connectivity index (χ1v) is 9.63. The molecule has 2 aromatic rings. The lowest BCUT2D eigenvalue weighted by atomic mass is 10.1. The van der Waals surface area contributed by atoms with Crippen LogP contribution in [-0.2, 0) is 6.54 Å². The van der Waals surface area contributed by atoms with Gasteiger partial charge in [0.2, 0.25) is 0 Å². The van der Waals surface area contributed by atoms with Gasteiger partial charge < -0.3 is 5.32 Å². The first-order valence-electron chi connectivity index (χ1n) is 7.47. The minimum absolute atomic E-state index is 0.0393. The number of rotatable bonds is 6. The number of carbonyl (C=O) groups excluding carboxylic acids is 1. The maximum absolute atomic E-state index is 12.5. The van der Waals surface area contributed by atoms with Crippen molar-refractivity contribution in [1.29, 1.82) is 0 Å². The van der Waals surface area contributed by atoms with Gasteiger partial charge in [-0.1, -0.05) is 34.5 Å². The molecule has 0 heterocycles. The van der Waals surface area contributed by atoms with Gasteiger partial charge in [-0.15, -0.1) is 11.8 Å². The number of nitrogens with one attached hydrogen (secondary N) is 1. The number of hydrogen-bond acceptors (Lipinski definition) is 4. The van der Waals surface area contributed by atoms with Crippen molar-refractivity contribution >= 4 is 50.9 Å². The van der Waals surface area contributed by atoms with Crippen LogP contribution in [0.2, 0.25) is 5.02 Å². The lowest BCUT2D eigenvalue weighted by Gasteiger charge is -2.11. The van der Waals surface area contributed by atoms with Gasteiger partial charge in [0.05, 0.1) is 4.92 Å². The van der Waals surface area contributed by atoms with Crippen LogP contribution in [0, 0.1) is 17.0 Å². The molecule has 0 aliphatic heterocycles. The Bertz CT molecular complexity index is 830. The average molecular weight is 444 g/mol. The summed E-state index contributed by atoms with van der Waals surface area (Å²) in [5.41, 5.74) is 1.44. The molecule has 0 spiro atoms. The second-order valence-electron chi connectivity index (χ2n) is 5.24. The zero-order valence-corrected chi connectivity index (χ0v) is 16.8. The first-order chi connectivity index (χ1) is 11.8. The summed E-state index contributed by atoms with van der Waals surface area (Å²) < 4.78 is 0.590. The molecule has 0 unspecified atom stereocenters. The average Bonchev–Trinajstić information content (AvgIpc) is 2.56. The van der Waals surface area contributed by atoms with E-state index in [1.54, 1.807) is 30.8 Å². The molecule has 0 aliphatic rings. The van der Waals surface area contributed by atoms with Crippen LogP contribution in [0.3, 0.4) is 0 Å². The smallest absolute Gasteiger partial charge is 0.283 e. The van der Waals surface area contributed by atoms with E-state index in [1.807, 2.05) is 13.0 Å². The van der Waals surface area contributed by atoms with E-state index in [2.05, 4.69) is 21.2 Å². The number of aryl methyl sites for hydroxylation is 1. The van der Waals surface area contributed by atoms with E-state index in [9.17, 15) is 14.9 Å². The molecule has 0 saturated heterocycles. The molecule has 2 rings (SSSR count). The van der Waals surface area contributed by atoms with Crippen LogP contribution >= 0.6 is 39.3 Å². The largest absolute Gasteiger partial charge is 0.348 e. The van der Waals surface area contributed by atoms with E-state index in [-0.39, 0.29) is 17.8 Å². The monoisotopic (exact) mass is 442 g/mol. The minimum atomic E-state index is -0.559. The normalized spacial score (nSPS) is 10.6. The van der Waals surface area contributed by atoms with Gasteiger partial charge in [-0.25, -0.2) is 0 Å². The molecule has 25 heavy (non-hydrogen) atoms. The number of benzene rings is 2. The number of nitro benzene ring substituents is 1. The summed E-state index contributed by atoms with van der Waals surface area (Å²) in [6.45, 7) is 4.06. The van der Waals surface area contributed by atoms with Crippen molar-refractivity contribution in [2.45, 2.75) is 25.3 Å². The maximum Gasteiger partial charge on any atom is 0.283 e. The summed E-state index contributed by atoms with van der Waals surface area (Å²) in [7, 11) is 0. The number of carbonyl (C=O) groups is 1. The van der Waals surface area contributed by atoms with Gasteiger partial charge in [-0.05, 0) is 48.1 Å². The van der Waals surface area contributed by atoms with Crippen molar-refractivity contribution in [2.24, 2.45) is 0 Å². The Balaban J connectivity index is 2.25. The number of halogens is 2. The van der Waals surface area contributed by atoms with Crippen LogP contribution in [-0.4, -0.2) is 16.6 Å². The predicted molar refractivity (Wildman–Crippen MR) is 105 cm³/mol. The molecule has 0 saturated carbocycles. The molecule has 0 aliphatic carbocycles. The van der Waals surface area contributed by atoms with Gasteiger partial charge in [-0.3, -0.25) is 14.9 Å². The molecule has 132 valence electrons. The summed E-state index contributed by atoms with van der Waals surface area (Å²) >= 11 is 10.9. The van der Waals surface area contributed by atoms with Crippen molar-refractivity contribution in [1.82, 2.24) is 5.32 Å². The Kier molecular flexibility index (Phi) is 6.87. The van der Waals surface area contributed by atoms with Gasteiger partial charge in [-0.2, -0.15) is 0 Å². The van der Waals surface area contributed by atoms with Crippen LogP contribution in [0.5, 0.6) is 0 Å². The second-order valence-corrected chi connectivity index (χ2v) is 7.84. The number of nitrogens with zero attached hydrogens (tertiary/aromatic N) is 1. The van der Waals surface area contributed by atoms with E-state index >= 15 is 0 Å². The van der Waals surface area contributed by atoms with Crippen molar-refractivity contribution in [3.8, 4) is 0 Å². The third kappa shape index (κ3) is 4.96. The number of amides is 1. The van der Waals surface area contributed by atoms with Crippen LogP contribution in [0.1, 0.15) is 28.4 Å². The summed E-state index contributed by atoms with van der Waals surface area (Å²) in [6, 6.07) is 8.36. The Morgan fingerprint density at radius 3 is 2.72 bits per heavy atom. The summed E-state index contributed by atoms with van der Waals surface area (Å²) in [4.78, 5) is 24.2. The molecular formula is C17H16BrClN2O3S. The molecule has 0 fully saturated rings. The molecule has 0 radical (unpaired) electrons. The molecule has 1 N–H and O–H groups in total. The zero-order valence-electron chi connectivity index (χ0n) is 13.6. The van der Waals surface area contributed by atoms with E-state index < -0.39 is 10.8 Å². The number of hydrogen-bond donors (Lipinski definition) is 1. The third-order valence-corrected chi connectivity index (χ3v) is 5.57. The fourth-order valence-corrected chi connectivity index (χ4v) is 3.57. The molecule has 2 aromatic carbocycles. The summed E-state index contributed by atoms with van der Waals surface area (Å²) in [5, 5.41) is 14.6. The maximum atomic E-state index is 12.5. The van der Waals surface area contributed by atoms with Crippen molar-refractivity contribution in [2.75, 3.05) is 5.75 Å². The van der Waals surface area contributed by atoms with Gasteiger partial charge in [0.15, 0.2) is 0 Å². The van der Waals surface area contributed by atoms with Gasteiger partial charge in [0, 0.05) is 27.0 Å². The summed E-state index contributed by atoms with van der Waals surface area (Å²) in [6.07, 6.45) is 0.